The fraction of sp³-hybridized carbons (Fsp3) is 0.320. The highest BCUT2D eigenvalue weighted by Gasteiger charge is 2.37. The SMILES string of the molecule is Cc1nc(C)c(-c2ccccc2-c2nc3cc(C(=O)N4CC[C@@](O)(CN)C4)ccn3c2C)s1. The van der Waals surface area contributed by atoms with E-state index in [0.29, 0.717) is 24.2 Å². The Kier molecular flexibility index (Phi) is 5.31. The smallest absolute Gasteiger partial charge is 0.254 e. The molecule has 0 saturated carbocycles. The predicted molar refractivity (Wildman–Crippen MR) is 130 cm³/mol. The molecule has 1 fully saturated rings. The van der Waals surface area contributed by atoms with Crippen LogP contribution in [0.2, 0.25) is 0 Å². The van der Waals surface area contributed by atoms with Crippen molar-refractivity contribution in [2.24, 2.45) is 5.73 Å². The zero-order valence-corrected chi connectivity index (χ0v) is 19.8. The molecule has 4 heterocycles. The van der Waals surface area contributed by atoms with Crippen LogP contribution in [0.4, 0.5) is 0 Å². The van der Waals surface area contributed by atoms with E-state index in [2.05, 4.69) is 17.1 Å². The van der Waals surface area contributed by atoms with Crippen molar-refractivity contribution in [3.8, 4) is 21.7 Å². The molecule has 8 heteroatoms. The van der Waals surface area contributed by atoms with Gasteiger partial charge in [0.15, 0.2) is 0 Å². The number of imidazole rings is 1. The summed E-state index contributed by atoms with van der Waals surface area (Å²) in [6, 6.07) is 11.9. The number of aryl methyl sites for hydroxylation is 3. The lowest BCUT2D eigenvalue weighted by Gasteiger charge is -2.21. The van der Waals surface area contributed by atoms with Crippen LogP contribution in [0.3, 0.4) is 0 Å². The number of carbonyl (C=O) groups is 1. The molecule has 170 valence electrons. The summed E-state index contributed by atoms with van der Waals surface area (Å²) in [6.45, 7) is 7.00. The molecular formula is C25H27N5O2S. The van der Waals surface area contributed by atoms with E-state index in [4.69, 9.17) is 10.7 Å². The van der Waals surface area contributed by atoms with Gasteiger partial charge in [-0.1, -0.05) is 24.3 Å². The van der Waals surface area contributed by atoms with Crippen LogP contribution < -0.4 is 5.73 Å². The van der Waals surface area contributed by atoms with Gasteiger partial charge in [-0.05, 0) is 39.3 Å². The number of hydrogen-bond acceptors (Lipinski definition) is 6. The van der Waals surface area contributed by atoms with Gasteiger partial charge >= 0.3 is 0 Å². The number of amides is 1. The number of likely N-dealkylation sites (tertiary alicyclic amines) is 1. The van der Waals surface area contributed by atoms with E-state index in [-0.39, 0.29) is 19.0 Å². The third-order valence-electron chi connectivity index (χ3n) is 6.44. The second-order valence-electron chi connectivity index (χ2n) is 8.79. The highest BCUT2D eigenvalue weighted by atomic mass is 32.1. The van der Waals surface area contributed by atoms with Gasteiger partial charge in [-0.3, -0.25) is 4.79 Å². The Morgan fingerprint density at radius 3 is 2.61 bits per heavy atom. The summed E-state index contributed by atoms with van der Waals surface area (Å²) in [5.74, 6) is -0.111. The van der Waals surface area contributed by atoms with Gasteiger partial charge in [0.05, 0.1) is 33.4 Å². The maximum Gasteiger partial charge on any atom is 0.254 e. The van der Waals surface area contributed by atoms with Crippen molar-refractivity contribution < 1.29 is 9.90 Å². The van der Waals surface area contributed by atoms with Crippen LogP contribution in [0.25, 0.3) is 27.3 Å². The maximum absolute atomic E-state index is 13.1. The van der Waals surface area contributed by atoms with Crippen molar-refractivity contribution >= 4 is 22.9 Å². The Bertz CT molecular complexity index is 1370. The van der Waals surface area contributed by atoms with Crippen LogP contribution in [0.5, 0.6) is 0 Å². The van der Waals surface area contributed by atoms with E-state index in [1.54, 1.807) is 16.2 Å². The Hall–Kier alpha value is -3.07. The molecule has 1 atom stereocenters. The quantitative estimate of drug-likeness (QED) is 0.484. The molecule has 1 saturated heterocycles. The lowest BCUT2D eigenvalue weighted by molar-refractivity contribution is 0.0507. The van der Waals surface area contributed by atoms with Crippen LogP contribution in [0.1, 0.15) is 33.2 Å². The van der Waals surface area contributed by atoms with E-state index >= 15 is 0 Å². The molecule has 7 nitrogen and oxygen atoms in total. The number of nitrogens with two attached hydrogens (primary N) is 1. The normalized spacial score (nSPS) is 18.4. The summed E-state index contributed by atoms with van der Waals surface area (Å²) in [4.78, 5) is 25.4. The van der Waals surface area contributed by atoms with Crippen molar-refractivity contribution in [2.45, 2.75) is 32.8 Å². The summed E-state index contributed by atoms with van der Waals surface area (Å²) in [7, 11) is 0. The number of thiazole rings is 1. The molecule has 3 N–H and O–H groups in total. The largest absolute Gasteiger partial charge is 0.387 e. The van der Waals surface area contributed by atoms with Crippen LogP contribution in [-0.4, -0.2) is 55.5 Å². The van der Waals surface area contributed by atoms with Crippen molar-refractivity contribution in [3.05, 3.63) is 64.6 Å². The number of pyridine rings is 1. The lowest BCUT2D eigenvalue weighted by atomic mass is 10.0. The molecule has 3 aromatic heterocycles. The van der Waals surface area contributed by atoms with Gasteiger partial charge in [-0.25, -0.2) is 9.97 Å². The van der Waals surface area contributed by atoms with Gasteiger partial charge in [-0.2, -0.15) is 0 Å². The van der Waals surface area contributed by atoms with Crippen LogP contribution in [-0.2, 0) is 0 Å². The molecule has 1 aliphatic rings. The van der Waals surface area contributed by atoms with Gasteiger partial charge in [0.25, 0.3) is 5.91 Å². The van der Waals surface area contributed by atoms with Gasteiger partial charge in [0, 0.05) is 41.7 Å². The number of rotatable bonds is 4. The molecule has 1 amide bonds. The molecule has 4 aromatic rings. The molecule has 5 rings (SSSR count). The minimum Gasteiger partial charge on any atom is -0.387 e. The highest BCUT2D eigenvalue weighted by molar-refractivity contribution is 7.15. The van der Waals surface area contributed by atoms with Gasteiger partial charge in [-0.15, -0.1) is 11.3 Å². The number of benzene rings is 1. The summed E-state index contributed by atoms with van der Waals surface area (Å²) >= 11 is 1.69. The zero-order chi connectivity index (χ0) is 23.3. The maximum atomic E-state index is 13.1. The van der Waals surface area contributed by atoms with E-state index in [1.165, 1.54) is 0 Å². The molecule has 0 spiro atoms. The topological polar surface area (TPSA) is 96.8 Å². The first-order valence-electron chi connectivity index (χ1n) is 11.0. The molecule has 0 radical (unpaired) electrons. The Labute approximate surface area is 196 Å². The second kappa shape index (κ2) is 8.06. The van der Waals surface area contributed by atoms with E-state index in [0.717, 1.165) is 38.1 Å². The third-order valence-corrected chi connectivity index (χ3v) is 7.55. The molecule has 1 aliphatic heterocycles. The van der Waals surface area contributed by atoms with Crippen LogP contribution >= 0.6 is 11.3 Å². The van der Waals surface area contributed by atoms with E-state index < -0.39 is 5.60 Å². The standard InChI is InChI=1S/C25H27N5O2S/c1-15-23(33-17(3)27-15)20-7-5-4-6-19(20)22-16(2)30-10-8-18(12-21(30)28-22)24(31)29-11-9-25(32,13-26)14-29/h4-8,10,12,32H,9,11,13-14,26H2,1-3H3/t25-/m1/s1. The molecule has 33 heavy (non-hydrogen) atoms. The number of aromatic nitrogens is 3. The number of aliphatic hydroxyl groups is 1. The Morgan fingerprint density at radius 2 is 1.94 bits per heavy atom. The zero-order valence-electron chi connectivity index (χ0n) is 19.0. The third kappa shape index (κ3) is 3.74. The van der Waals surface area contributed by atoms with Gasteiger partial charge in [0.1, 0.15) is 5.65 Å². The molecule has 0 aliphatic carbocycles. The fourth-order valence-electron chi connectivity index (χ4n) is 4.60. The molecule has 0 unspecified atom stereocenters. The number of nitrogens with zero attached hydrogens (tertiary/aromatic N) is 4. The van der Waals surface area contributed by atoms with Crippen LogP contribution in [0.15, 0.2) is 42.6 Å². The molecule has 0 bridgehead atoms. The average molecular weight is 462 g/mol. The summed E-state index contributed by atoms with van der Waals surface area (Å²) in [5, 5.41) is 11.4. The lowest BCUT2D eigenvalue weighted by Crippen LogP contribution is -2.41. The average Bonchev–Trinajstić information content (AvgIpc) is 3.48. The minimum atomic E-state index is -0.992. The number of carbonyl (C=O) groups excluding carboxylic acids is 1. The first-order valence-corrected chi connectivity index (χ1v) is 11.9. The van der Waals surface area contributed by atoms with Crippen molar-refractivity contribution in [1.82, 2.24) is 19.3 Å². The second-order valence-corrected chi connectivity index (χ2v) is 9.99. The summed E-state index contributed by atoms with van der Waals surface area (Å²) in [6.07, 6.45) is 2.39. The van der Waals surface area contributed by atoms with Gasteiger partial charge < -0.3 is 20.1 Å². The molecular weight excluding hydrogens is 434 g/mol. The van der Waals surface area contributed by atoms with E-state index in [1.807, 2.05) is 55.6 Å². The van der Waals surface area contributed by atoms with E-state index in [9.17, 15) is 9.90 Å². The summed E-state index contributed by atoms with van der Waals surface area (Å²) < 4.78 is 2.01. The highest BCUT2D eigenvalue weighted by Crippen LogP contribution is 2.38. The first kappa shape index (κ1) is 21.8. The number of β-amino-alcohol motifs (C(OH)–C–C–N with tert-alkyl or cyclic N) is 1. The van der Waals surface area contributed by atoms with Gasteiger partial charge in [0.2, 0.25) is 0 Å². The van der Waals surface area contributed by atoms with Crippen LogP contribution in [0, 0.1) is 20.8 Å². The van der Waals surface area contributed by atoms with Crippen molar-refractivity contribution in [2.75, 3.05) is 19.6 Å². The number of fused-ring (bicyclic) bond motifs is 1. The van der Waals surface area contributed by atoms with Crippen molar-refractivity contribution in [3.63, 3.8) is 0 Å². The predicted octanol–water partition coefficient (Wildman–Crippen LogP) is 3.59. The monoisotopic (exact) mass is 461 g/mol. The first-order chi connectivity index (χ1) is 15.8. The van der Waals surface area contributed by atoms with Crippen molar-refractivity contribution in [1.29, 1.82) is 0 Å². The molecule has 1 aromatic carbocycles. The Balaban J connectivity index is 1.54. The minimum absolute atomic E-state index is 0.111. The number of hydrogen-bond donors (Lipinski definition) is 2. The summed E-state index contributed by atoms with van der Waals surface area (Å²) in [5.41, 5.74) is 11.0. The Morgan fingerprint density at radius 1 is 1.18 bits per heavy atom. The fourth-order valence-corrected chi connectivity index (χ4v) is 5.56.